The van der Waals surface area contributed by atoms with Crippen LogP contribution in [0.25, 0.3) is 60.6 Å². The summed E-state index contributed by atoms with van der Waals surface area (Å²) in [5.74, 6) is 0. The molecular weight excluding hydrogens is 474 g/mol. The SMILES string of the molecule is c1cc(Cc2ccc(-n3c4ccccc4c4ccccc43)cc2)cc(-c2ccc3oc4ccccc4c3c2)c1. The number of benzene rings is 6. The van der Waals surface area contributed by atoms with Gasteiger partial charge < -0.3 is 8.98 Å². The van der Waals surface area contributed by atoms with E-state index in [1.807, 2.05) is 12.1 Å². The number of nitrogens with zero attached hydrogens (tertiary/aromatic N) is 1. The molecular formula is C37H25NO. The van der Waals surface area contributed by atoms with Gasteiger partial charge in [-0.1, -0.05) is 97.1 Å². The zero-order valence-corrected chi connectivity index (χ0v) is 21.3. The minimum Gasteiger partial charge on any atom is -0.456 e. The molecule has 6 aromatic carbocycles. The summed E-state index contributed by atoms with van der Waals surface area (Å²) >= 11 is 0. The number of fused-ring (bicyclic) bond motifs is 6. The van der Waals surface area contributed by atoms with Crippen molar-refractivity contribution in [2.45, 2.75) is 6.42 Å². The summed E-state index contributed by atoms with van der Waals surface area (Å²) in [6.45, 7) is 0. The van der Waals surface area contributed by atoms with Crippen LogP contribution in [0.15, 0.2) is 144 Å². The Morgan fingerprint density at radius 1 is 0.436 bits per heavy atom. The predicted molar refractivity (Wildman–Crippen MR) is 163 cm³/mol. The fourth-order valence-corrected chi connectivity index (χ4v) is 5.97. The second-order valence-corrected chi connectivity index (χ2v) is 10.2. The summed E-state index contributed by atoms with van der Waals surface area (Å²) in [7, 11) is 0. The lowest BCUT2D eigenvalue weighted by atomic mass is 9.98. The Morgan fingerprint density at radius 2 is 1.08 bits per heavy atom. The van der Waals surface area contributed by atoms with E-state index in [0.717, 1.165) is 28.4 Å². The van der Waals surface area contributed by atoms with E-state index in [1.165, 1.54) is 49.7 Å². The summed E-state index contributed by atoms with van der Waals surface area (Å²) in [4.78, 5) is 0. The largest absolute Gasteiger partial charge is 0.456 e. The van der Waals surface area contributed by atoms with E-state index in [0.29, 0.717) is 0 Å². The smallest absolute Gasteiger partial charge is 0.135 e. The highest BCUT2D eigenvalue weighted by molar-refractivity contribution is 6.09. The third-order valence-corrected chi connectivity index (χ3v) is 7.82. The van der Waals surface area contributed by atoms with Crippen LogP contribution in [0.3, 0.4) is 0 Å². The van der Waals surface area contributed by atoms with Gasteiger partial charge in [0.2, 0.25) is 0 Å². The summed E-state index contributed by atoms with van der Waals surface area (Å²) in [6.07, 6.45) is 0.887. The van der Waals surface area contributed by atoms with Crippen molar-refractivity contribution in [3.8, 4) is 16.8 Å². The second kappa shape index (κ2) is 8.75. The maximum atomic E-state index is 6.03. The summed E-state index contributed by atoms with van der Waals surface area (Å²) < 4.78 is 8.39. The van der Waals surface area contributed by atoms with Crippen LogP contribution in [0.4, 0.5) is 0 Å². The Morgan fingerprint density at radius 3 is 1.85 bits per heavy atom. The van der Waals surface area contributed by atoms with Gasteiger partial charge in [-0.25, -0.2) is 0 Å². The fraction of sp³-hybridized carbons (Fsp3) is 0.0270. The van der Waals surface area contributed by atoms with Crippen LogP contribution in [-0.4, -0.2) is 4.57 Å². The Labute approximate surface area is 226 Å². The summed E-state index contributed by atoms with van der Waals surface area (Å²) in [5, 5.41) is 4.90. The number of aromatic nitrogens is 1. The van der Waals surface area contributed by atoms with Crippen molar-refractivity contribution in [1.82, 2.24) is 4.57 Å². The summed E-state index contributed by atoms with van der Waals surface area (Å²) in [6, 6.07) is 49.9. The molecule has 0 bridgehead atoms. The highest BCUT2D eigenvalue weighted by Gasteiger charge is 2.12. The molecule has 2 heteroatoms. The molecule has 8 rings (SSSR count). The van der Waals surface area contributed by atoms with E-state index < -0.39 is 0 Å². The van der Waals surface area contributed by atoms with Crippen LogP contribution >= 0.6 is 0 Å². The normalized spacial score (nSPS) is 11.7. The molecule has 0 aliphatic carbocycles. The first-order valence-electron chi connectivity index (χ1n) is 13.4. The molecule has 0 N–H and O–H groups in total. The number of hydrogen-bond donors (Lipinski definition) is 0. The third-order valence-electron chi connectivity index (χ3n) is 7.82. The monoisotopic (exact) mass is 499 g/mol. The van der Waals surface area contributed by atoms with E-state index in [2.05, 4.69) is 132 Å². The number of rotatable bonds is 4. The van der Waals surface area contributed by atoms with Crippen molar-refractivity contribution >= 4 is 43.7 Å². The molecule has 8 aromatic rings. The number of hydrogen-bond acceptors (Lipinski definition) is 1. The van der Waals surface area contributed by atoms with Gasteiger partial charge >= 0.3 is 0 Å². The van der Waals surface area contributed by atoms with Crippen LogP contribution < -0.4 is 0 Å². The van der Waals surface area contributed by atoms with E-state index >= 15 is 0 Å². The molecule has 0 fully saturated rings. The first-order valence-corrected chi connectivity index (χ1v) is 13.4. The Balaban J connectivity index is 1.12. The van der Waals surface area contributed by atoms with Gasteiger partial charge in [0, 0.05) is 27.2 Å². The van der Waals surface area contributed by atoms with Gasteiger partial charge in [-0.05, 0) is 71.1 Å². The first-order chi connectivity index (χ1) is 19.3. The van der Waals surface area contributed by atoms with Gasteiger partial charge in [-0.15, -0.1) is 0 Å². The number of furan rings is 1. The Bertz CT molecular complexity index is 2090. The molecule has 0 aliphatic heterocycles. The molecule has 0 spiro atoms. The zero-order valence-electron chi connectivity index (χ0n) is 21.3. The lowest BCUT2D eigenvalue weighted by Crippen LogP contribution is -1.95. The minimum absolute atomic E-state index is 0.887. The van der Waals surface area contributed by atoms with Crippen LogP contribution in [-0.2, 0) is 6.42 Å². The highest BCUT2D eigenvalue weighted by Crippen LogP contribution is 2.34. The van der Waals surface area contributed by atoms with Crippen LogP contribution in [0.1, 0.15) is 11.1 Å². The van der Waals surface area contributed by atoms with E-state index in [4.69, 9.17) is 4.42 Å². The minimum atomic E-state index is 0.887. The van der Waals surface area contributed by atoms with Gasteiger partial charge in [-0.2, -0.15) is 0 Å². The number of para-hydroxylation sites is 3. The molecule has 0 unspecified atom stereocenters. The second-order valence-electron chi connectivity index (χ2n) is 10.2. The molecule has 0 atom stereocenters. The Kier molecular flexibility index (Phi) is 4.92. The van der Waals surface area contributed by atoms with Crippen molar-refractivity contribution in [3.05, 3.63) is 151 Å². The molecule has 0 saturated carbocycles. The van der Waals surface area contributed by atoms with Gasteiger partial charge in [0.05, 0.1) is 11.0 Å². The van der Waals surface area contributed by atoms with E-state index in [1.54, 1.807) is 0 Å². The van der Waals surface area contributed by atoms with Crippen LogP contribution in [0.5, 0.6) is 0 Å². The van der Waals surface area contributed by atoms with E-state index in [-0.39, 0.29) is 0 Å². The van der Waals surface area contributed by atoms with E-state index in [9.17, 15) is 0 Å². The van der Waals surface area contributed by atoms with Crippen molar-refractivity contribution < 1.29 is 4.42 Å². The molecule has 0 aliphatic rings. The maximum absolute atomic E-state index is 6.03. The standard InChI is InChI=1S/C37H25NO/c1-4-13-34-30(10-1)31-11-2-5-14-35(31)38(34)29-19-16-25(17-20-29)22-26-8-7-9-27(23-26)28-18-21-37-33(24-28)32-12-3-6-15-36(32)39-37/h1-21,23-24H,22H2. The quantitative estimate of drug-likeness (QED) is 0.236. The van der Waals surface area contributed by atoms with Gasteiger partial charge in [0.15, 0.2) is 0 Å². The average molecular weight is 500 g/mol. The lowest BCUT2D eigenvalue weighted by molar-refractivity contribution is 0.669. The van der Waals surface area contributed by atoms with Gasteiger partial charge in [-0.3, -0.25) is 0 Å². The van der Waals surface area contributed by atoms with Crippen LogP contribution in [0.2, 0.25) is 0 Å². The third kappa shape index (κ3) is 3.65. The molecule has 0 amide bonds. The fourth-order valence-electron chi connectivity index (χ4n) is 5.97. The molecule has 2 aromatic heterocycles. The molecule has 2 nitrogen and oxygen atoms in total. The van der Waals surface area contributed by atoms with Crippen molar-refractivity contribution in [1.29, 1.82) is 0 Å². The highest BCUT2D eigenvalue weighted by atomic mass is 16.3. The molecule has 39 heavy (non-hydrogen) atoms. The maximum Gasteiger partial charge on any atom is 0.135 e. The van der Waals surface area contributed by atoms with Crippen LogP contribution in [0, 0.1) is 0 Å². The Hall–Kier alpha value is -5.08. The van der Waals surface area contributed by atoms with Crippen molar-refractivity contribution in [2.75, 3.05) is 0 Å². The first kappa shape index (κ1) is 22.0. The molecule has 0 saturated heterocycles. The van der Waals surface area contributed by atoms with Crippen molar-refractivity contribution in [3.63, 3.8) is 0 Å². The molecule has 0 radical (unpaired) electrons. The van der Waals surface area contributed by atoms with Gasteiger partial charge in [0.1, 0.15) is 11.2 Å². The lowest BCUT2D eigenvalue weighted by Gasteiger charge is -2.10. The predicted octanol–water partition coefficient (Wildman–Crippen LogP) is 9.94. The van der Waals surface area contributed by atoms with Gasteiger partial charge in [0.25, 0.3) is 0 Å². The summed E-state index contributed by atoms with van der Waals surface area (Å²) in [5.41, 5.74) is 10.6. The topological polar surface area (TPSA) is 18.1 Å². The molecule has 184 valence electrons. The van der Waals surface area contributed by atoms with Crippen molar-refractivity contribution in [2.24, 2.45) is 0 Å². The average Bonchev–Trinajstić information content (AvgIpc) is 3.53. The zero-order chi connectivity index (χ0) is 25.8. The molecule has 2 heterocycles.